The summed E-state index contributed by atoms with van der Waals surface area (Å²) in [5.41, 5.74) is 7.13. The second-order valence-corrected chi connectivity index (χ2v) is 5.44. The molecule has 0 unspecified atom stereocenters. The van der Waals surface area contributed by atoms with Crippen molar-refractivity contribution in [3.8, 4) is 0 Å². The van der Waals surface area contributed by atoms with Gasteiger partial charge in [-0.05, 0) is 36.2 Å². The summed E-state index contributed by atoms with van der Waals surface area (Å²) in [6, 6.07) is 9.80. The zero-order chi connectivity index (χ0) is 15.1. The summed E-state index contributed by atoms with van der Waals surface area (Å²) in [5.74, 6) is -0.00344. The number of hydrogen-bond donors (Lipinski definition) is 2. The van der Waals surface area contributed by atoms with Crippen LogP contribution in [0.25, 0.3) is 0 Å². The lowest BCUT2D eigenvalue weighted by atomic mass is 10.1. The Morgan fingerprint density at radius 2 is 2.00 bits per heavy atom. The van der Waals surface area contributed by atoms with Crippen LogP contribution in [0.2, 0.25) is 0 Å². The maximum absolute atomic E-state index is 12.7. The van der Waals surface area contributed by atoms with E-state index in [1.165, 1.54) is 23.9 Å². The number of pyridine rings is 1. The summed E-state index contributed by atoms with van der Waals surface area (Å²) in [4.78, 5) is 15.8. The Bertz CT molecular complexity index is 587. The topological polar surface area (TPSA) is 68.0 Å². The largest absolute Gasteiger partial charge is 0.397 e. The first-order chi connectivity index (χ1) is 10.1. The number of nitrogens with zero attached hydrogens (tertiary/aromatic N) is 1. The second-order valence-electron chi connectivity index (χ2n) is 4.44. The van der Waals surface area contributed by atoms with Gasteiger partial charge in [-0.25, -0.2) is 9.37 Å². The Hall–Kier alpha value is -2.08. The van der Waals surface area contributed by atoms with Crippen LogP contribution in [0.5, 0.6) is 0 Å². The zero-order valence-electron chi connectivity index (χ0n) is 11.4. The van der Waals surface area contributed by atoms with E-state index in [0.717, 1.165) is 10.6 Å². The van der Waals surface area contributed by atoms with Crippen molar-refractivity contribution in [2.45, 2.75) is 11.4 Å². The third kappa shape index (κ3) is 5.43. The number of aromatic nitrogens is 1. The van der Waals surface area contributed by atoms with Gasteiger partial charge in [-0.3, -0.25) is 4.79 Å². The minimum absolute atomic E-state index is 0.0549. The molecule has 21 heavy (non-hydrogen) atoms. The van der Waals surface area contributed by atoms with Crippen molar-refractivity contribution in [1.29, 1.82) is 0 Å². The molecule has 0 bridgehead atoms. The quantitative estimate of drug-likeness (QED) is 0.803. The average Bonchev–Trinajstić information content (AvgIpc) is 2.49. The van der Waals surface area contributed by atoms with E-state index in [1.807, 2.05) is 0 Å². The number of halogens is 1. The number of anilines is 1. The third-order valence-corrected chi connectivity index (χ3v) is 3.70. The summed E-state index contributed by atoms with van der Waals surface area (Å²) >= 11 is 1.36. The molecule has 0 aliphatic rings. The molecule has 1 heterocycles. The second kappa shape index (κ2) is 7.64. The van der Waals surface area contributed by atoms with Crippen LogP contribution in [0.3, 0.4) is 0 Å². The van der Waals surface area contributed by atoms with Crippen molar-refractivity contribution < 1.29 is 9.18 Å². The van der Waals surface area contributed by atoms with Crippen molar-refractivity contribution in [2.75, 3.05) is 18.0 Å². The average molecular weight is 305 g/mol. The first kappa shape index (κ1) is 15.3. The van der Waals surface area contributed by atoms with Gasteiger partial charge < -0.3 is 11.1 Å². The van der Waals surface area contributed by atoms with E-state index in [0.29, 0.717) is 24.4 Å². The van der Waals surface area contributed by atoms with Crippen LogP contribution in [0, 0.1) is 5.82 Å². The summed E-state index contributed by atoms with van der Waals surface area (Å²) in [7, 11) is 0. The van der Waals surface area contributed by atoms with Gasteiger partial charge in [0, 0.05) is 6.54 Å². The minimum atomic E-state index is -0.254. The highest BCUT2D eigenvalue weighted by atomic mass is 32.2. The van der Waals surface area contributed by atoms with Crippen molar-refractivity contribution in [1.82, 2.24) is 10.3 Å². The van der Waals surface area contributed by atoms with Crippen LogP contribution in [0.15, 0.2) is 47.6 Å². The van der Waals surface area contributed by atoms with Gasteiger partial charge >= 0.3 is 0 Å². The Kier molecular flexibility index (Phi) is 5.57. The number of nitrogen functional groups attached to an aromatic ring is 1. The number of benzene rings is 1. The summed E-state index contributed by atoms with van der Waals surface area (Å²) < 4.78 is 12.7. The van der Waals surface area contributed by atoms with E-state index in [-0.39, 0.29) is 11.7 Å². The normalized spacial score (nSPS) is 10.3. The molecule has 0 spiro atoms. The zero-order valence-corrected chi connectivity index (χ0v) is 12.2. The fourth-order valence-corrected chi connectivity index (χ4v) is 2.34. The van der Waals surface area contributed by atoms with Crippen LogP contribution < -0.4 is 11.1 Å². The SMILES string of the molecule is Nc1ccc(SCC(=O)NCCc2ccc(F)cc2)nc1. The smallest absolute Gasteiger partial charge is 0.230 e. The number of hydrogen-bond acceptors (Lipinski definition) is 4. The highest BCUT2D eigenvalue weighted by Gasteiger charge is 2.03. The van der Waals surface area contributed by atoms with Crippen LogP contribution in [-0.4, -0.2) is 23.2 Å². The van der Waals surface area contributed by atoms with Crippen LogP contribution in [0.1, 0.15) is 5.56 Å². The van der Waals surface area contributed by atoms with Gasteiger partial charge in [-0.15, -0.1) is 0 Å². The molecule has 1 aromatic carbocycles. The maximum atomic E-state index is 12.7. The van der Waals surface area contributed by atoms with E-state index in [2.05, 4.69) is 10.3 Å². The molecule has 0 saturated heterocycles. The van der Waals surface area contributed by atoms with Gasteiger partial charge in [0.05, 0.1) is 22.7 Å². The molecule has 110 valence electrons. The van der Waals surface area contributed by atoms with Crippen LogP contribution in [0.4, 0.5) is 10.1 Å². The van der Waals surface area contributed by atoms with E-state index in [1.54, 1.807) is 30.5 Å². The predicted octanol–water partition coefficient (Wildman–Crippen LogP) is 2.25. The maximum Gasteiger partial charge on any atom is 0.230 e. The van der Waals surface area contributed by atoms with Gasteiger partial charge in [0.25, 0.3) is 0 Å². The molecule has 6 heteroatoms. The third-order valence-electron chi connectivity index (χ3n) is 2.76. The van der Waals surface area contributed by atoms with Gasteiger partial charge in [0.15, 0.2) is 0 Å². The van der Waals surface area contributed by atoms with Gasteiger partial charge in [0.1, 0.15) is 5.82 Å². The molecule has 0 radical (unpaired) electrons. The molecule has 0 aliphatic carbocycles. The lowest BCUT2D eigenvalue weighted by molar-refractivity contribution is -0.118. The van der Waals surface area contributed by atoms with Crippen molar-refractivity contribution in [3.05, 3.63) is 54.0 Å². The standard InChI is InChI=1S/C15H16FN3OS/c16-12-3-1-11(2-4-12)7-8-18-14(20)10-21-15-6-5-13(17)9-19-15/h1-6,9H,7-8,10,17H2,(H,18,20). The number of carbonyl (C=O) groups excluding carboxylic acids is 1. The summed E-state index contributed by atoms with van der Waals surface area (Å²) in [5, 5.41) is 3.58. The van der Waals surface area contributed by atoms with Crippen LogP contribution in [-0.2, 0) is 11.2 Å². The van der Waals surface area contributed by atoms with Crippen molar-refractivity contribution in [3.63, 3.8) is 0 Å². The monoisotopic (exact) mass is 305 g/mol. The van der Waals surface area contributed by atoms with Gasteiger partial charge in [-0.2, -0.15) is 0 Å². The summed E-state index contributed by atoms with van der Waals surface area (Å²) in [6.07, 6.45) is 2.24. The molecule has 0 fully saturated rings. The number of thioether (sulfide) groups is 1. The molecule has 0 atom stereocenters. The van der Waals surface area contributed by atoms with Crippen LogP contribution >= 0.6 is 11.8 Å². The molecule has 3 N–H and O–H groups in total. The highest BCUT2D eigenvalue weighted by molar-refractivity contribution is 7.99. The molecule has 2 rings (SSSR count). The Balaban J connectivity index is 1.67. The molecule has 0 aliphatic heterocycles. The van der Waals surface area contributed by atoms with Crippen molar-refractivity contribution >= 4 is 23.4 Å². The number of amides is 1. The summed E-state index contributed by atoms with van der Waals surface area (Å²) in [6.45, 7) is 0.528. The fraction of sp³-hybridized carbons (Fsp3) is 0.200. The fourth-order valence-electron chi connectivity index (χ4n) is 1.66. The van der Waals surface area contributed by atoms with Crippen molar-refractivity contribution in [2.24, 2.45) is 0 Å². The number of carbonyl (C=O) groups is 1. The van der Waals surface area contributed by atoms with E-state index >= 15 is 0 Å². The Morgan fingerprint density at radius 1 is 1.24 bits per heavy atom. The molecule has 1 aromatic heterocycles. The highest BCUT2D eigenvalue weighted by Crippen LogP contribution is 2.15. The predicted molar refractivity (Wildman–Crippen MR) is 82.5 cm³/mol. The van der Waals surface area contributed by atoms with E-state index in [4.69, 9.17) is 5.73 Å². The molecule has 4 nitrogen and oxygen atoms in total. The molecular weight excluding hydrogens is 289 g/mol. The van der Waals surface area contributed by atoms with Gasteiger partial charge in [0.2, 0.25) is 5.91 Å². The van der Waals surface area contributed by atoms with E-state index in [9.17, 15) is 9.18 Å². The number of nitrogens with two attached hydrogens (primary N) is 1. The molecule has 1 amide bonds. The lowest BCUT2D eigenvalue weighted by Crippen LogP contribution is -2.27. The Labute approximate surface area is 127 Å². The Morgan fingerprint density at radius 3 is 2.67 bits per heavy atom. The number of rotatable bonds is 6. The first-order valence-electron chi connectivity index (χ1n) is 6.49. The minimum Gasteiger partial charge on any atom is -0.397 e. The van der Waals surface area contributed by atoms with E-state index < -0.39 is 0 Å². The molecule has 0 saturated carbocycles. The van der Waals surface area contributed by atoms with Gasteiger partial charge in [-0.1, -0.05) is 23.9 Å². The molecule has 2 aromatic rings. The number of nitrogens with one attached hydrogen (secondary N) is 1. The molecular formula is C15H16FN3OS. The lowest BCUT2D eigenvalue weighted by Gasteiger charge is -2.05. The first-order valence-corrected chi connectivity index (χ1v) is 7.47.